The van der Waals surface area contributed by atoms with Crippen molar-refractivity contribution in [3.05, 3.63) is 78.6 Å². The molecule has 6 nitrogen and oxygen atoms in total. The van der Waals surface area contributed by atoms with Gasteiger partial charge in [-0.3, -0.25) is 4.90 Å². The van der Waals surface area contributed by atoms with Crippen molar-refractivity contribution in [1.29, 1.82) is 0 Å². The molecule has 3 aromatic rings. The predicted octanol–water partition coefficient (Wildman–Crippen LogP) is 4.29. The monoisotopic (exact) mass is 453 g/mol. The molecule has 1 atom stereocenters. The summed E-state index contributed by atoms with van der Waals surface area (Å²) in [4.78, 5) is 6.40. The molecule has 0 bridgehead atoms. The van der Waals surface area contributed by atoms with Crippen molar-refractivity contribution in [2.24, 2.45) is 0 Å². The molecular weight excluding hydrogens is 421 g/mol. The van der Waals surface area contributed by atoms with Gasteiger partial charge in [-0.1, -0.05) is 24.3 Å². The molecule has 1 fully saturated rings. The summed E-state index contributed by atoms with van der Waals surface area (Å²) in [6, 6.07) is 14.5. The molecule has 2 heterocycles. The standard InChI is InChI=1S/C26H32FN3O3/c27-24-8-1-2-9-25(24)33-20-26(31)10-4-13-29(15-11-26)19-22-6-3-7-23(18-22)32-17-5-14-30-16-12-28-21-30/h1-3,6-9,12,16,18,21,31H,4-5,10-11,13-15,17,19-20H2. The highest BCUT2D eigenvalue weighted by atomic mass is 19.1. The first-order chi connectivity index (χ1) is 16.1. The Balaban J connectivity index is 1.24. The molecule has 1 saturated heterocycles. The SMILES string of the molecule is OC1(COc2ccccc2F)CCCN(Cc2cccc(OCCCn3ccnc3)c2)CC1. The summed E-state index contributed by atoms with van der Waals surface area (Å²) in [6.45, 7) is 4.10. The van der Waals surface area contributed by atoms with Crippen LogP contribution in [-0.2, 0) is 13.1 Å². The number of aromatic nitrogens is 2. The second kappa shape index (κ2) is 11.3. The number of hydrogen-bond donors (Lipinski definition) is 1. The molecule has 0 saturated carbocycles. The molecule has 7 heteroatoms. The minimum absolute atomic E-state index is 0.101. The van der Waals surface area contributed by atoms with Gasteiger partial charge in [0.15, 0.2) is 11.6 Å². The van der Waals surface area contributed by atoms with Gasteiger partial charge in [0.25, 0.3) is 0 Å². The van der Waals surface area contributed by atoms with E-state index < -0.39 is 11.4 Å². The van der Waals surface area contributed by atoms with Crippen molar-refractivity contribution in [2.45, 2.75) is 44.4 Å². The molecule has 33 heavy (non-hydrogen) atoms. The van der Waals surface area contributed by atoms with Crippen molar-refractivity contribution in [2.75, 3.05) is 26.3 Å². The van der Waals surface area contributed by atoms with Gasteiger partial charge in [-0.15, -0.1) is 0 Å². The smallest absolute Gasteiger partial charge is 0.165 e. The lowest BCUT2D eigenvalue weighted by molar-refractivity contribution is -0.0177. The molecule has 2 aromatic carbocycles. The Morgan fingerprint density at radius 3 is 2.82 bits per heavy atom. The fourth-order valence-electron chi connectivity index (χ4n) is 4.16. The first-order valence-corrected chi connectivity index (χ1v) is 11.6. The molecule has 4 rings (SSSR count). The Hall–Kier alpha value is -2.90. The van der Waals surface area contributed by atoms with Crippen LogP contribution in [0.4, 0.5) is 4.39 Å². The topological polar surface area (TPSA) is 59.8 Å². The number of para-hydroxylation sites is 1. The Morgan fingerprint density at radius 2 is 1.97 bits per heavy atom. The van der Waals surface area contributed by atoms with Gasteiger partial charge in [-0.25, -0.2) is 9.37 Å². The predicted molar refractivity (Wildman–Crippen MR) is 125 cm³/mol. The maximum absolute atomic E-state index is 13.8. The minimum atomic E-state index is -0.947. The van der Waals surface area contributed by atoms with Gasteiger partial charge in [-0.2, -0.15) is 0 Å². The quantitative estimate of drug-likeness (QED) is 0.464. The molecule has 1 aromatic heterocycles. The maximum atomic E-state index is 13.8. The number of benzene rings is 2. The number of rotatable bonds is 10. The van der Waals surface area contributed by atoms with Gasteiger partial charge in [0.05, 0.1) is 18.5 Å². The first kappa shape index (κ1) is 23.3. The molecule has 0 amide bonds. The summed E-state index contributed by atoms with van der Waals surface area (Å²) in [5.74, 6) is 0.664. The van der Waals surface area contributed by atoms with Crippen LogP contribution in [0.25, 0.3) is 0 Å². The fourth-order valence-corrected chi connectivity index (χ4v) is 4.16. The fraction of sp³-hybridized carbons (Fsp3) is 0.423. The summed E-state index contributed by atoms with van der Waals surface area (Å²) in [5, 5.41) is 11.0. The Morgan fingerprint density at radius 1 is 1.06 bits per heavy atom. The van der Waals surface area contributed by atoms with Crippen LogP contribution in [-0.4, -0.2) is 51.5 Å². The highest BCUT2D eigenvalue weighted by Crippen LogP contribution is 2.26. The number of imidazole rings is 1. The summed E-state index contributed by atoms with van der Waals surface area (Å²) in [7, 11) is 0. The number of aryl methyl sites for hydroxylation is 1. The van der Waals surface area contributed by atoms with Crippen LogP contribution in [0.5, 0.6) is 11.5 Å². The van der Waals surface area contributed by atoms with E-state index in [1.54, 1.807) is 24.4 Å². The van der Waals surface area contributed by atoms with E-state index in [0.29, 0.717) is 19.4 Å². The second-order valence-corrected chi connectivity index (χ2v) is 8.72. The number of likely N-dealkylation sites (tertiary alicyclic amines) is 1. The number of halogens is 1. The molecule has 1 N–H and O–H groups in total. The van der Waals surface area contributed by atoms with Gasteiger partial charge >= 0.3 is 0 Å². The largest absolute Gasteiger partial charge is 0.494 e. The Kier molecular flexibility index (Phi) is 7.96. The zero-order valence-corrected chi connectivity index (χ0v) is 18.9. The number of hydrogen-bond acceptors (Lipinski definition) is 5. The van der Waals surface area contributed by atoms with Crippen molar-refractivity contribution >= 4 is 0 Å². The average molecular weight is 454 g/mol. The van der Waals surface area contributed by atoms with E-state index in [-0.39, 0.29) is 12.4 Å². The number of nitrogens with zero attached hydrogens (tertiary/aromatic N) is 3. The second-order valence-electron chi connectivity index (χ2n) is 8.72. The summed E-state index contributed by atoms with van der Waals surface area (Å²) >= 11 is 0. The lowest BCUT2D eigenvalue weighted by Gasteiger charge is -2.27. The van der Waals surface area contributed by atoms with Crippen molar-refractivity contribution in [3.8, 4) is 11.5 Å². The van der Waals surface area contributed by atoms with E-state index >= 15 is 0 Å². The molecule has 1 aliphatic heterocycles. The van der Waals surface area contributed by atoms with Crippen LogP contribution < -0.4 is 9.47 Å². The van der Waals surface area contributed by atoms with E-state index in [1.807, 2.05) is 29.2 Å². The molecule has 1 aliphatic rings. The van der Waals surface area contributed by atoms with E-state index in [4.69, 9.17) is 9.47 Å². The van der Waals surface area contributed by atoms with Gasteiger partial charge < -0.3 is 19.1 Å². The molecule has 176 valence electrons. The molecule has 0 spiro atoms. The summed E-state index contributed by atoms with van der Waals surface area (Å²) < 4.78 is 27.4. The normalized spacial score (nSPS) is 19.2. The van der Waals surface area contributed by atoms with Gasteiger partial charge in [-0.05, 0) is 62.1 Å². The van der Waals surface area contributed by atoms with Crippen LogP contribution in [0, 0.1) is 5.82 Å². The van der Waals surface area contributed by atoms with Crippen LogP contribution >= 0.6 is 0 Å². The maximum Gasteiger partial charge on any atom is 0.165 e. The van der Waals surface area contributed by atoms with Gasteiger partial charge in [0.2, 0.25) is 0 Å². The van der Waals surface area contributed by atoms with E-state index in [2.05, 4.69) is 22.0 Å². The lowest BCUT2D eigenvalue weighted by Crippen LogP contribution is -2.37. The van der Waals surface area contributed by atoms with E-state index in [1.165, 1.54) is 11.6 Å². The number of aliphatic hydroxyl groups is 1. The van der Waals surface area contributed by atoms with Crippen LogP contribution in [0.3, 0.4) is 0 Å². The third kappa shape index (κ3) is 7.04. The highest BCUT2D eigenvalue weighted by Gasteiger charge is 2.31. The van der Waals surface area contributed by atoms with Crippen molar-refractivity contribution in [1.82, 2.24) is 14.5 Å². The van der Waals surface area contributed by atoms with Crippen molar-refractivity contribution in [3.63, 3.8) is 0 Å². The third-order valence-electron chi connectivity index (χ3n) is 6.04. The Bertz CT molecular complexity index is 998. The van der Waals surface area contributed by atoms with E-state index in [0.717, 1.165) is 44.8 Å². The average Bonchev–Trinajstić information content (AvgIpc) is 3.27. The molecular formula is C26H32FN3O3. The van der Waals surface area contributed by atoms with Crippen LogP contribution in [0.1, 0.15) is 31.2 Å². The van der Waals surface area contributed by atoms with Gasteiger partial charge in [0, 0.05) is 32.0 Å². The summed E-state index contributed by atoms with van der Waals surface area (Å²) in [6.07, 6.45) is 8.56. The zero-order chi connectivity index (χ0) is 22.9. The highest BCUT2D eigenvalue weighted by molar-refractivity contribution is 5.28. The van der Waals surface area contributed by atoms with Gasteiger partial charge in [0.1, 0.15) is 12.4 Å². The molecule has 1 unspecified atom stereocenters. The Labute approximate surface area is 194 Å². The van der Waals surface area contributed by atoms with Crippen LogP contribution in [0.15, 0.2) is 67.3 Å². The van der Waals surface area contributed by atoms with E-state index in [9.17, 15) is 9.50 Å². The molecule has 0 radical (unpaired) electrons. The number of ether oxygens (including phenoxy) is 2. The first-order valence-electron chi connectivity index (χ1n) is 11.6. The lowest BCUT2D eigenvalue weighted by atomic mass is 9.96. The minimum Gasteiger partial charge on any atom is -0.494 e. The van der Waals surface area contributed by atoms with Crippen LogP contribution in [0.2, 0.25) is 0 Å². The molecule has 0 aliphatic carbocycles. The summed E-state index contributed by atoms with van der Waals surface area (Å²) in [5.41, 5.74) is 0.243. The van der Waals surface area contributed by atoms with Crippen molar-refractivity contribution < 1.29 is 19.0 Å². The third-order valence-corrected chi connectivity index (χ3v) is 6.04. The zero-order valence-electron chi connectivity index (χ0n) is 18.9.